The molecule has 3 rings (SSSR count). The maximum Gasteiger partial charge on any atom is 0.237 e. The molecule has 0 fully saturated rings. The van der Waals surface area contributed by atoms with Gasteiger partial charge >= 0.3 is 0 Å². The number of amides is 1. The van der Waals surface area contributed by atoms with Gasteiger partial charge in [0.15, 0.2) is 0 Å². The van der Waals surface area contributed by atoms with E-state index in [0.29, 0.717) is 32.7 Å². The van der Waals surface area contributed by atoms with Crippen molar-refractivity contribution in [2.75, 3.05) is 32.8 Å². The smallest absolute Gasteiger partial charge is 0.237 e. The van der Waals surface area contributed by atoms with E-state index < -0.39 is 6.10 Å². The minimum Gasteiger partial charge on any atom is -0.491 e. The van der Waals surface area contributed by atoms with Gasteiger partial charge in [-0.25, -0.2) is 0 Å². The minimum absolute atomic E-state index is 0.0529. The molecule has 2 atom stereocenters. The average molecular weight is 455 g/mol. The molecule has 2 heterocycles. The highest BCUT2D eigenvalue weighted by Crippen LogP contribution is 2.34. The van der Waals surface area contributed by atoms with E-state index in [4.69, 9.17) is 4.74 Å². The van der Waals surface area contributed by atoms with E-state index in [-0.39, 0.29) is 18.5 Å². The number of benzene rings is 1. The fourth-order valence-electron chi connectivity index (χ4n) is 4.05. The number of carbonyl (C=O) groups excluding carboxylic acids is 1. The number of fused-ring (bicyclic) bond motifs is 1. The second-order valence-electron chi connectivity index (χ2n) is 8.28. The summed E-state index contributed by atoms with van der Waals surface area (Å²) in [6, 6.07) is 9.99. The summed E-state index contributed by atoms with van der Waals surface area (Å²) in [6.07, 6.45) is 5.34. The van der Waals surface area contributed by atoms with Crippen molar-refractivity contribution >= 4 is 17.2 Å². The van der Waals surface area contributed by atoms with Gasteiger partial charge in [0.05, 0.1) is 18.7 Å². The summed E-state index contributed by atoms with van der Waals surface area (Å²) in [5, 5.41) is 12.4. The van der Waals surface area contributed by atoms with Crippen LogP contribution >= 0.6 is 11.3 Å². The Hall–Kier alpha value is -2.41. The maximum absolute atomic E-state index is 13.4. The first kappa shape index (κ1) is 24.2. The van der Waals surface area contributed by atoms with E-state index in [1.54, 1.807) is 23.5 Å². The quantitative estimate of drug-likeness (QED) is 0.484. The van der Waals surface area contributed by atoms with Gasteiger partial charge in [-0.15, -0.1) is 24.5 Å². The van der Waals surface area contributed by atoms with Crippen LogP contribution in [0.4, 0.5) is 0 Å². The Balaban J connectivity index is 1.69. The second kappa shape index (κ2) is 12.0. The fraction of sp³-hybridized carbons (Fsp3) is 0.423. The van der Waals surface area contributed by atoms with Crippen molar-refractivity contribution in [3.05, 3.63) is 77.0 Å². The lowest BCUT2D eigenvalue weighted by molar-refractivity contribution is -0.136. The molecular formula is C26H34N2O3S. The Kier molecular flexibility index (Phi) is 9.09. The van der Waals surface area contributed by atoms with Gasteiger partial charge in [0.1, 0.15) is 12.4 Å². The Bertz CT molecular complexity index is 893. The summed E-state index contributed by atoms with van der Waals surface area (Å²) < 4.78 is 6.10. The van der Waals surface area contributed by atoms with Gasteiger partial charge in [-0.2, -0.15) is 0 Å². The Morgan fingerprint density at radius 1 is 1.31 bits per heavy atom. The van der Waals surface area contributed by atoms with Gasteiger partial charge in [-0.1, -0.05) is 29.8 Å². The topological polar surface area (TPSA) is 53.0 Å². The van der Waals surface area contributed by atoms with Crippen LogP contribution in [0.5, 0.6) is 5.75 Å². The van der Waals surface area contributed by atoms with Gasteiger partial charge in [0, 0.05) is 24.5 Å². The van der Waals surface area contributed by atoms with E-state index >= 15 is 0 Å². The van der Waals surface area contributed by atoms with E-state index in [9.17, 15) is 9.90 Å². The number of rotatable bonds is 12. The minimum atomic E-state index is -0.494. The molecular weight excluding hydrogens is 420 g/mol. The molecule has 0 radical (unpaired) electrons. The fourth-order valence-corrected chi connectivity index (χ4v) is 4.98. The van der Waals surface area contributed by atoms with Crippen LogP contribution in [0.15, 0.2) is 61.0 Å². The first-order valence-electron chi connectivity index (χ1n) is 11.2. The molecule has 1 aliphatic rings. The highest BCUT2D eigenvalue weighted by molar-refractivity contribution is 7.10. The average Bonchev–Trinajstić information content (AvgIpc) is 3.26. The zero-order chi connectivity index (χ0) is 22.9. The molecule has 0 saturated carbocycles. The lowest BCUT2D eigenvalue weighted by Crippen LogP contribution is -2.47. The van der Waals surface area contributed by atoms with Crippen molar-refractivity contribution in [2.24, 2.45) is 0 Å². The van der Waals surface area contributed by atoms with Crippen LogP contribution in [0.3, 0.4) is 0 Å². The number of ether oxygens (including phenoxy) is 1. The summed E-state index contributed by atoms with van der Waals surface area (Å²) >= 11 is 1.75. The van der Waals surface area contributed by atoms with Gasteiger partial charge in [0.25, 0.3) is 0 Å². The maximum atomic E-state index is 13.4. The van der Waals surface area contributed by atoms with Crippen molar-refractivity contribution in [3.8, 4) is 5.75 Å². The summed E-state index contributed by atoms with van der Waals surface area (Å²) in [6.45, 7) is 11.9. The van der Waals surface area contributed by atoms with Crippen LogP contribution in [0.25, 0.3) is 0 Å². The number of hydrogen-bond acceptors (Lipinski definition) is 5. The van der Waals surface area contributed by atoms with Crippen LogP contribution < -0.4 is 4.74 Å². The molecule has 5 nitrogen and oxygen atoms in total. The Morgan fingerprint density at radius 3 is 2.81 bits per heavy atom. The number of nitrogens with zero attached hydrogens (tertiary/aromatic N) is 2. The monoisotopic (exact) mass is 454 g/mol. The highest BCUT2D eigenvalue weighted by atomic mass is 32.1. The van der Waals surface area contributed by atoms with Crippen LogP contribution in [0.1, 0.15) is 34.9 Å². The van der Waals surface area contributed by atoms with Crippen LogP contribution in [0, 0.1) is 6.92 Å². The van der Waals surface area contributed by atoms with E-state index in [2.05, 4.69) is 24.6 Å². The largest absolute Gasteiger partial charge is 0.491 e. The van der Waals surface area contributed by atoms with Crippen molar-refractivity contribution in [1.82, 2.24) is 9.80 Å². The van der Waals surface area contributed by atoms with Gasteiger partial charge in [-0.05, 0) is 55.3 Å². The standard InChI is InChI=1S/C26H34N2O3S/c1-4-6-7-21(29)17-27(14-5-2)18-26(30)28-15-12-25-23(13-16-32-25)24(28)19-31-22-10-8-20(3)9-11-22/h4-5,8-11,13,16,21,24,29H,1-2,6-7,12,14-15,17-19H2,3H3. The second-order valence-corrected chi connectivity index (χ2v) is 9.28. The molecule has 172 valence electrons. The molecule has 1 aromatic heterocycles. The van der Waals surface area contributed by atoms with Gasteiger partial charge < -0.3 is 14.7 Å². The van der Waals surface area contributed by atoms with E-state index in [1.807, 2.05) is 41.0 Å². The van der Waals surface area contributed by atoms with Crippen molar-refractivity contribution in [3.63, 3.8) is 0 Å². The highest BCUT2D eigenvalue weighted by Gasteiger charge is 2.33. The predicted octanol–water partition coefficient (Wildman–Crippen LogP) is 4.38. The van der Waals surface area contributed by atoms with Crippen LogP contribution in [-0.4, -0.2) is 59.7 Å². The molecule has 2 unspecified atom stereocenters. The van der Waals surface area contributed by atoms with Crippen molar-refractivity contribution in [2.45, 2.75) is 38.3 Å². The lowest BCUT2D eigenvalue weighted by atomic mass is 10.0. The summed E-state index contributed by atoms with van der Waals surface area (Å²) in [5.74, 6) is 0.862. The zero-order valence-corrected chi connectivity index (χ0v) is 19.7. The van der Waals surface area contributed by atoms with E-state index in [1.165, 1.54) is 16.0 Å². The lowest BCUT2D eigenvalue weighted by Gasteiger charge is -2.37. The number of thiophene rings is 1. The van der Waals surface area contributed by atoms with Crippen molar-refractivity contribution < 1.29 is 14.6 Å². The summed E-state index contributed by atoms with van der Waals surface area (Å²) in [7, 11) is 0. The number of aliphatic hydroxyl groups is 1. The molecule has 2 aromatic rings. The Morgan fingerprint density at radius 2 is 2.09 bits per heavy atom. The first-order chi connectivity index (χ1) is 15.5. The molecule has 1 N–H and O–H groups in total. The normalized spacial score (nSPS) is 16.5. The number of aryl methyl sites for hydroxylation is 1. The molecule has 0 spiro atoms. The van der Waals surface area contributed by atoms with Crippen LogP contribution in [0.2, 0.25) is 0 Å². The summed E-state index contributed by atoms with van der Waals surface area (Å²) in [4.78, 5) is 18.6. The summed E-state index contributed by atoms with van der Waals surface area (Å²) in [5.41, 5.74) is 2.37. The molecule has 1 aliphatic heterocycles. The predicted molar refractivity (Wildman–Crippen MR) is 131 cm³/mol. The molecule has 0 bridgehead atoms. The molecule has 1 amide bonds. The molecule has 0 aliphatic carbocycles. The van der Waals surface area contributed by atoms with E-state index in [0.717, 1.165) is 18.6 Å². The molecule has 6 heteroatoms. The third kappa shape index (κ3) is 6.55. The molecule has 1 aromatic carbocycles. The number of allylic oxidation sites excluding steroid dienone is 1. The third-order valence-electron chi connectivity index (χ3n) is 5.76. The SMILES string of the molecule is C=CCCC(O)CN(CC=C)CC(=O)N1CCc2sccc2C1COc1ccc(C)cc1. The third-order valence-corrected chi connectivity index (χ3v) is 6.76. The molecule has 32 heavy (non-hydrogen) atoms. The molecule has 0 saturated heterocycles. The number of aliphatic hydroxyl groups excluding tert-OH is 1. The number of carbonyl (C=O) groups is 1. The first-order valence-corrected chi connectivity index (χ1v) is 12.1. The van der Waals surface area contributed by atoms with Gasteiger partial charge in [0.2, 0.25) is 5.91 Å². The van der Waals surface area contributed by atoms with Gasteiger partial charge in [-0.3, -0.25) is 9.69 Å². The van der Waals surface area contributed by atoms with Crippen molar-refractivity contribution in [1.29, 1.82) is 0 Å². The van der Waals surface area contributed by atoms with Crippen LogP contribution in [-0.2, 0) is 11.2 Å². The Labute approximate surface area is 195 Å². The number of hydrogen-bond donors (Lipinski definition) is 1. The zero-order valence-electron chi connectivity index (χ0n) is 18.9.